The highest BCUT2D eigenvalue weighted by Crippen LogP contribution is 2.30. The number of rotatable bonds is 5. The molecule has 2 heterocycles. The summed E-state index contributed by atoms with van der Waals surface area (Å²) in [5, 5.41) is 16.1. The molecule has 2 aromatic heterocycles. The predicted octanol–water partition coefficient (Wildman–Crippen LogP) is 4.19. The van der Waals surface area contributed by atoms with E-state index < -0.39 is 29.3 Å². The highest BCUT2D eigenvalue weighted by Gasteiger charge is 2.38. The van der Waals surface area contributed by atoms with Crippen LogP contribution in [0.15, 0.2) is 39.7 Å². The topological polar surface area (TPSA) is 129 Å². The molecule has 2 N–H and O–H groups in total. The number of nitriles is 1. The van der Waals surface area contributed by atoms with E-state index in [2.05, 4.69) is 30.9 Å². The van der Waals surface area contributed by atoms with Gasteiger partial charge in [-0.15, -0.1) is 0 Å². The van der Waals surface area contributed by atoms with Gasteiger partial charge in [0.05, 0.1) is 0 Å². The van der Waals surface area contributed by atoms with Crippen LogP contribution < -0.4 is 10.3 Å². The van der Waals surface area contributed by atoms with Gasteiger partial charge in [-0.2, -0.15) is 18.4 Å². The normalized spacial score (nSPS) is 10.7. The molecule has 1 aromatic carbocycles. The van der Waals surface area contributed by atoms with Crippen LogP contribution in [-0.2, 0) is 17.8 Å². The van der Waals surface area contributed by atoms with Gasteiger partial charge in [-0.3, -0.25) is 4.79 Å². The summed E-state index contributed by atoms with van der Waals surface area (Å²) in [5.74, 6) is -3.94. The van der Waals surface area contributed by atoms with Gasteiger partial charge in [0.2, 0.25) is 5.82 Å². The first-order valence-corrected chi connectivity index (χ1v) is 10.1. The number of carbonyl (C=O) groups is 1. The summed E-state index contributed by atoms with van der Waals surface area (Å²) in [4.78, 5) is 31.7. The molecular formula is C21H14BrF5N4O4. The minimum absolute atomic E-state index is 0.0227. The Morgan fingerprint density at radius 1 is 1.29 bits per heavy atom. The molecule has 0 aliphatic rings. The van der Waals surface area contributed by atoms with E-state index >= 15 is 0 Å². The molecule has 3 rings (SSSR count). The van der Waals surface area contributed by atoms with Crippen molar-refractivity contribution in [3.05, 3.63) is 85.3 Å². The number of hydrogen-bond donors (Lipinski definition) is 2. The molecule has 0 spiro atoms. The quantitative estimate of drug-likeness (QED) is 0.447. The summed E-state index contributed by atoms with van der Waals surface area (Å²) in [5.41, 5.74) is 1.44. The van der Waals surface area contributed by atoms with Crippen molar-refractivity contribution in [2.75, 3.05) is 0 Å². The van der Waals surface area contributed by atoms with Crippen molar-refractivity contribution in [2.24, 2.45) is 0 Å². The first kappa shape index (κ1) is 27.4. The number of alkyl halides is 3. The summed E-state index contributed by atoms with van der Waals surface area (Å²) in [6, 6.07) is 6.68. The predicted molar refractivity (Wildman–Crippen MR) is 113 cm³/mol. The Bertz CT molecular complexity index is 1340. The van der Waals surface area contributed by atoms with E-state index in [0.29, 0.717) is 17.0 Å². The zero-order valence-corrected chi connectivity index (χ0v) is 19.2. The first-order chi connectivity index (χ1) is 16.3. The van der Waals surface area contributed by atoms with Crippen molar-refractivity contribution in [3.63, 3.8) is 0 Å². The van der Waals surface area contributed by atoms with E-state index in [1.807, 2.05) is 6.07 Å². The number of benzene rings is 1. The van der Waals surface area contributed by atoms with Crippen molar-refractivity contribution in [1.29, 1.82) is 5.26 Å². The second-order valence-electron chi connectivity index (χ2n) is 6.69. The molecule has 0 aliphatic heterocycles. The van der Waals surface area contributed by atoms with E-state index in [4.69, 9.17) is 19.9 Å². The third kappa shape index (κ3) is 7.57. The zero-order chi connectivity index (χ0) is 26.3. The highest BCUT2D eigenvalue weighted by atomic mass is 79.9. The van der Waals surface area contributed by atoms with E-state index in [0.717, 1.165) is 12.1 Å². The van der Waals surface area contributed by atoms with Crippen LogP contribution >= 0.6 is 15.9 Å². The van der Waals surface area contributed by atoms with Gasteiger partial charge in [-0.25, -0.2) is 23.5 Å². The van der Waals surface area contributed by atoms with Gasteiger partial charge in [-0.05, 0) is 41.1 Å². The molecule has 0 unspecified atom stereocenters. The van der Waals surface area contributed by atoms with Crippen LogP contribution in [0, 0.1) is 29.9 Å². The van der Waals surface area contributed by atoms with Gasteiger partial charge in [0.15, 0.2) is 0 Å². The van der Waals surface area contributed by atoms with Crippen molar-refractivity contribution in [3.8, 4) is 11.8 Å². The number of H-pyrrole nitrogens is 1. The van der Waals surface area contributed by atoms with Crippen molar-refractivity contribution in [2.45, 2.75) is 26.1 Å². The summed E-state index contributed by atoms with van der Waals surface area (Å²) >= 11 is 3.20. The van der Waals surface area contributed by atoms with E-state index in [-0.39, 0.29) is 34.6 Å². The van der Waals surface area contributed by atoms with Crippen LogP contribution in [-0.4, -0.2) is 32.2 Å². The largest absolute Gasteiger partial charge is 0.490 e. The summed E-state index contributed by atoms with van der Waals surface area (Å²) < 4.78 is 64.6. The molecule has 0 aliphatic carbocycles. The molecule has 0 bridgehead atoms. The average molecular weight is 561 g/mol. The van der Waals surface area contributed by atoms with Gasteiger partial charge in [0.1, 0.15) is 34.5 Å². The minimum atomic E-state index is -5.08. The lowest BCUT2D eigenvalue weighted by Gasteiger charge is -2.15. The lowest BCUT2D eigenvalue weighted by atomic mass is 10.1. The zero-order valence-electron chi connectivity index (χ0n) is 17.6. The maximum absolute atomic E-state index is 13.9. The Hall–Kier alpha value is -3.86. The molecule has 0 saturated carbocycles. The second-order valence-corrected chi connectivity index (χ2v) is 7.48. The van der Waals surface area contributed by atoms with Gasteiger partial charge in [0, 0.05) is 41.2 Å². The Kier molecular flexibility index (Phi) is 9.01. The van der Waals surface area contributed by atoms with Gasteiger partial charge in [0.25, 0.3) is 5.56 Å². The van der Waals surface area contributed by atoms with Crippen molar-refractivity contribution >= 4 is 21.9 Å². The fourth-order valence-corrected chi connectivity index (χ4v) is 3.04. The summed E-state index contributed by atoms with van der Waals surface area (Å²) in [6.07, 6.45) is -3.37. The molecule has 184 valence electrons. The van der Waals surface area contributed by atoms with E-state index in [1.54, 1.807) is 13.0 Å². The molecule has 0 radical (unpaired) electrons. The Morgan fingerprint density at radius 2 is 1.94 bits per heavy atom. The molecule has 14 heteroatoms. The highest BCUT2D eigenvalue weighted by molar-refractivity contribution is 9.10. The third-order valence-corrected chi connectivity index (χ3v) is 4.95. The number of aliphatic carboxylic acids is 1. The monoisotopic (exact) mass is 560 g/mol. The number of carboxylic acid groups (broad SMARTS) is 1. The van der Waals surface area contributed by atoms with E-state index in [1.165, 1.54) is 12.3 Å². The Morgan fingerprint density at radius 3 is 2.51 bits per heavy atom. The average Bonchev–Trinajstić information content (AvgIpc) is 2.78. The number of ether oxygens (including phenoxy) is 1. The number of aromatic amines is 1. The minimum Gasteiger partial charge on any atom is -0.487 e. The molecule has 0 amide bonds. The maximum atomic E-state index is 13.9. The lowest BCUT2D eigenvalue weighted by molar-refractivity contribution is -0.192. The summed E-state index contributed by atoms with van der Waals surface area (Å²) in [6.45, 7) is 1.49. The maximum Gasteiger partial charge on any atom is 0.490 e. The van der Waals surface area contributed by atoms with Crippen LogP contribution in [0.25, 0.3) is 0 Å². The SMILES string of the molecule is Cc1[nH]c(=O)c(Br)c(OCc2ccc(F)cc2F)c1Cc1ccnc(C#N)n1.O=C(O)C(F)(F)F. The number of nitrogens with zero attached hydrogens (tertiary/aromatic N) is 3. The van der Waals surface area contributed by atoms with Crippen LogP contribution in [0.3, 0.4) is 0 Å². The van der Waals surface area contributed by atoms with Crippen LogP contribution in [0.2, 0.25) is 0 Å². The lowest BCUT2D eigenvalue weighted by Crippen LogP contribution is -2.21. The van der Waals surface area contributed by atoms with Gasteiger partial charge < -0.3 is 14.8 Å². The molecule has 0 fully saturated rings. The number of nitrogens with one attached hydrogen (secondary N) is 1. The Labute approximate surface area is 202 Å². The standard InChI is InChI=1S/C19H13BrF2N4O2.C2HF3O2/c1-10-14(7-13-4-5-24-16(8-23)26-13)18(17(20)19(27)25-10)28-9-11-2-3-12(21)6-15(11)22;3-2(4,5)1(6)7/h2-6H,7,9H2,1H3,(H,25,27);(H,6,7). The number of aryl methyl sites for hydroxylation is 1. The number of pyridine rings is 1. The van der Waals surface area contributed by atoms with Crippen molar-refractivity contribution in [1.82, 2.24) is 15.0 Å². The first-order valence-electron chi connectivity index (χ1n) is 9.33. The number of halogens is 6. The fraction of sp³-hybridized carbons (Fsp3) is 0.190. The van der Waals surface area contributed by atoms with Crippen LogP contribution in [0.5, 0.6) is 5.75 Å². The molecular weight excluding hydrogens is 547 g/mol. The number of carboxylic acids is 1. The molecule has 8 nitrogen and oxygen atoms in total. The molecule has 0 saturated heterocycles. The molecule has 35 heavy (non-hydrogen) atoms. The van der Waals surface area contributed by atoms with Gasteiger partial charge >= 0.3 is 12.1 Å². The fourth-order valence-electron chi connectivity index (χ4n) is 2.59. The molecule has 3 aromatic rings. The smallest absolute Gasteiger partial charge is 0.487 e. The van der Waals surface area contributed by atoms with Gasteiger partial charge in [-0.1, -0.05) is 0 Å². The molecule has 0 atom stereocenters. The van der Waals surface area contributed by atoms with E-state index in [9.17, 15) is 26.7 Å². The van der Waals surface area contributed by atoms with Crippen LogP contribution in [0.1, 0.15) is 28.3 Å². The Balaban J connectivity index is 0.000000540. The summed E-state index contributed by atoms with van der Waals surface area (Å²) in [7, 11) is 0. The van der Waals surface area contributed by atoms with Crippen molar-refractivity contribution < 1.29 is 36.6 Å². The number of aromatic nitrogens is 3. The van der Waals surface area contributed by atoms with Crippen LogP contribution in [0.4, 0.5) is 22.0 Å². The number of hydrogen-bond acceptors (Lipinski definition) is 6. The third-order valence-electron chi connectivity index (χ3n) is 4.23. The second kappa shape index (κ2) is 11.5.